The fourth-order valence-corrected chi connectivity index (χ4v) is 3.55. The number of aromatic nitrogens is 3. The maximum atomic E-state index is 4.18. The predicted molar refractivity (Wildman–Crippen MR) is 84.0 cm³/mol. The highest BCUT2D eigenvalue weighted by molar-refractivity contribution is 5.82. The minimum absolute atomic E-state index is 0.536. The van der Waals surface area contributed by atoms with Crippen LogP contribution < -0.4 is 5.32 Å². The summed E-state index contributed by atoms with van der Waals surface area (Å²) in [5, 5.41) is 5.08. The summed E-state index contributed by atoms with van der Waals surface area (Å²) in [6, 6.07) is 9.70. The zero-order valence-corrected chi connectivity index (χ0v) is 12.0. The van der Waals surface area contributed by atoms with Gasteiger partial charge < -0.3 is 14.9 Å². The maximum absolute atomic E-state index is 4.18. The van der Waals surface area contributed by atoms with E-state index in [-0.39, 0.29) is 0 Å². The molecule has 0 saturated heterocycles. The number of nitrogens with zero attached hydrogens (tertiary/aromatic N) is 2. The minimum atomic E-state index is 0.536. The first kappa shape index (κ1) is 12.7. The first-order chi connectivity index (χ1) is 10.4. The molecule has 1 aliphatic carbocycles. The van der Waals surface area contributed by atoms with E-state index in [1.807, 2.05) is 18.7 Å². The van der Waals surface area contributed by atoms with Crippen molar-refractivity contribution in [2.75, 3.05) is 0 Å². The third-order valence-electron chi connectivity index (χ3n) is 4.63. The number of imidazole rings is 1. The van der Waals surface area contributed by atoms with E-state index in [4.69, 9.17) is 0 Å². The van der Waals surface area contributed by atoms with Crippen LogP contribution in [0.2, 0.25) is 0 Å². The molecule has 0 bridgehead atoms. The van der Waals surface area contributed by atoms with Crippen LogP contribution in [0.25, 0.3) is 10.9 Å². The lowest BCUT2D eigenvalue weighted by Gasteiger charge is -2.22. The first-order valence-electron chi connectivity index (χ1n) is 7.67. The number of H-pyrrole nitrogens is 1. The van der Waals surface area contributed by atoms with E-state index < -0.39 is 0 Å². The van der Waals surface area contributed by atoms with Crippen LogP contribution in [0.4, 0.5) is 0 Å². The van der Waals surface area contributed by atoms with Crippen molar-refractivity contribution in [2.45, 2.75) is 37.9 Å². The molecular weight excluding hydrogens is 260 g/mol. The van der Waals surface area contributed by atoms with E-state index in [9.17, 15) is 0 Å². The molecule has 3 aromatic rings. The Labute approximate surface area is 124 Å². The van der Waals surface area contributed by atoms with E-state index in [2.05, 4.69) is 50.3 Å². The molecule has 2 unspecified atom stereocenters. The molecule has 2 aromatic heterocycles. The molecule has 0 aliphatic heterocycles. The van der Waals surface area contributed by atoms with Crippen molar-refractivity contribution in [3.63, 3.8) is 0 Å². The van der Waals surface area contributed by atoms with E-state index in [1.54, 1.807) is 0 Å². The second-order valence-electron chi connectivity index (χ2n) is 5.85. The van der Waals surface area contributed by atoms with Crippen molar-refractivity contribution >= 4 is 10.9 Å². The molecule has 0 amide bonds. The Hall–Kier alpha value is -2.07. The standard InChI is InChI=1S/C17H20N4/c1-3-13(14-7-8-19-15(14)4-1)11-20-16-5-2-6-17(16)21-10-9-18-12-21/h1,3-4,7-10,12,16-17,19-20H,2,5-6,11H2. The minimum Gasteiger partial charge on any atom is -0.361 e. The van der Waals surface area contributed by atoms with Crippen molar-refractivity contribution in [2.24, 2.45) is 0 Å². The smallest absolute Gasteiger partial charge is 0.0949 e. The van der Waals surface area contributed by atoms with E-state index in [1.165, 1.54) is 35.7 Å². The second-order valence-corrected chi connectivity index (χ2v) is 5.85. The predicted octanol–water partition coefficient (Wildman–Crippen LogP) is 3.25. The largest absolute Gasteiger partial charge is 0.361 e. The zero-order valence-electron chi connectivity index (χ0n) is 12.0. The Balaban J connectivity index is 1.50. The van der Waals surface area contributed by atoms with Gasteiger partial charge in [-0.25, -0.2) is 4.98 Å². The lowest BCUT2D eigenvalue weighted by molar-refractivity contribution is 0.391. The van der Waals surface area contributed by atoms with Gasteiger partial charge in [0.05, 0.1) is 6.33 Å². The molecule has 2 N–H and O–H groups in total. The number of hydrogen-bond acceptors (Lipinski definition) is 2. The lowest BCUT2D eigenvalue weighted by atomic mass is 10.1. The molecule has 1 aromatic carbocycles. The molecule has 2 atom stereocenters. The van der Waals surface area contributed by atoms with Gasteiger partial charge in [0.15, 0.2) is 0 Å². The number of aromatic amines is 1. The van der Waals surface area contributed by atoms with Crippen LogP contribution in [0, 0.1) is 0 Å². The summed E-state index contributed by atoms with van der Waals surface area (Å²) in [6.07, 6.45) is 11.7. The molecule has 2 heterocycles. The molecule has 1 fully saturated rings. The molecule has 4 nitrogen and oxygen atoms in total. The Kier molecular flexibility index (Phi) is 3.24. The summed E-state index contributed by atoms with van der Waals surface area (Å²) < 4.78 is 2.25. The van der Waals surface area contributed by atoms with Crippen molar-refractivity contribution < 1.29 is 0 Å². The average molecular weight is 280 g/mol. The quantitative estimate of drug-likeness (QED) is 0.770. The Morgan fingerprint density at radius 1 is 1.29 bits per heavy atom. The molecule has 1 saturated carbocycles. The monoisotopic (exact) mass is 280 g/mol. The van der Waals surface area contributed by atoms with Crippen LogP contribution in [-0.4, -0.2) is 20.6 Å². The topological polar surface area (TPSA) is 45.6 Å². The number of hydrogen-bond donors (Lipinski definition) is 2. The van der Waals surface area contributed by atoms with Gasteiger partial charge in [0.2, 0.25) is 0 Å². The van der Waals surface area contributed by atoms with Gasteiger partial charge in [-0.15, -0.1) is 0 Å². The van der Waals surface area contributed by atoms with E-state index in [0.717, 1.165) is 6.54 Å². The third kappa shape index (κ3) is 2.36. The zero-order chi connectivity index (χ0) is 14.1. The Morgan fingerprint density at radius 3 is 3.19 bits per heavy atom. The lowest BCUT2D eigenvalue weighted by Crippen LogP contribution is -2.33. The molecule has 21 heavy (non-hydrogen) atoms. The highest BCUT2D eigenvalue weighted by atomic mass is 15.1. The first-order valence-corrected chi connectivity index (χ1v) is 7.67. The van der Waals surface area contributed by atoms with Gasteiger partial charge in [0, 0.05) is 48.1 Å². The molecule has 108 valence electrons. The van der Waals surface area contributed by atoms with Crippen molar-refractivity contribution in [3.8, 4) is 0 Å². The fourth-order valence-electron chi connectivity index (χ4n) is 3.55. The Morgan fingerprint density at radius 2 is 2.29 bits per heavy atom. The SMILES string of the molecule is c1cc(CNC2CCCC2n2ccnc2)c2cc[nH]c2c1. The van der Waals surface area contributed by atoms with Gasteiger partial charge in [0.1, 0.15) is 0 Å². The summed E-state index contributed by atoms with van der Waals surface area (Å²) in [4.78, 5) is 7.46. The number of nitrogens with one attached hydrogen (secondary N) is 2. The van der Waals surface area contributed by atoms with Crippen LogP contribution in [0.1, 0.15) is 30.9 Å². The van der Waals surface area contributed by atoms with Crippen molar-refractivity contribution in [3.05, 3.63) is 54.7 Å². The summed E-state index contributed by atoms with van der Waals surface area (Å²) in [5.74, 6) is 0. The fraction of sp³-hybridized carbons (Fsp3) is 0.353. The van der Waals surface area contributed by atoms with Crippen LogP contribution in [-0.2, 0) is 6.54 Å². The van der Waals surface area contributed by atoms with Crippen LogP contribution in [0.3, 0.4) is 0 Å². The van der Waals surface area contributed by atoms with Crippen LogP contribution >= 0.6 is 0 Å². The van der Waals surface area contributed by atoms with Crippen LogP contribution in [0.5, 0.6) is 0 Å². The van der Waals surface area contributed by atoms with Gasteiger partial charge in [-0.2, -0.15) is 0 Å². The highest BCUT2D eigenvalue weighted by Gasteiger charge is 2.27. The molecule has 4 rings (SSSR count). The number of benzene rings is 1. The normalized spacial score (nSPS) is 22.1. The van der Waals surface area contributed by atoms with Crippen LogP contribution in [0.15, 0.2) is 49.2 Å². The molecule has 4 heteroatoms. The average Bonchev–Trinajstić information content (AvgIpc) is 3.23. The Bertz CT molecular complexity index is 713. The third-order valence-corrected chi connectivity index (χ3v) is 4.63. The molecule has 0 spiro atoms. The molecule has 1 aliphatic rings. The molecule has 0 radical (unpaired) electrons. The second kappa shape index (κ2) is 5.37. The summed E-state index contributed by atoms with van der Waals surface area (Å²) in [5.41, 5.74) is 2.58. The summed E-state index contributed by atoms with van der Waals surface area (Å²) in [7, 11) is 0. The van der Waals surface area contributed by atoms with Gasteiger partial charge in [-0.05, 0) is 37.0 Å². The van der Waals surface area contributed by atoms with Gasteiger partial charge >= 0.3 is 0 Å². The summed E-state index contributed by atoms with van der Waals surface area (Å²) >= 11 is 0. The van der Waals surface area contributed by atoms with Gasteiger partial charge in [0.25, 0.3) is 0 Å². The van der Waals surface area contributed by atoms with Gasteiger partial charge in [-0.3, -0.25) is 0 Å². The maximum Gasteiger partial charge on any atom is 0.0949 e. The van der Waals surface area contributed by atoms with E-state index in [0.29, 0.717) is 12.1 Å². The number of fused-ring (bicyclic) bond motifs is 1. The summed E-state index contributed by atoms with van der Waals surface area (Å²) in [6.45, 7) is 0.922. The van der Waals surface area contributed by atoms with Crippen molar-refractivity contribution in [1.82, 2.24) is 19.9 Å². The van der Waals surface area contributed by atoms with Crippen molar-refractivity contribution in [1.29, 1.82) is 0 Å². The van der Waals surface area contributed by atoms with Gasteiger partial charge in [-0.1, -0.05) is 12.1 Å². The molecular formula is C17H20N4. The van der Waals surface area contributed by atoms with E-state index >= 15 is 0 Å². The number of rotatable bonds is 4. The highest BCUT2D eigenvalue weighted by Crippen LogP contribution is 2.30.